The third-order valence-corrected chi connectivity index (χ3v) is 4.72. The molecule has 2 nitrogen and oxygen atoms in total. The topological polar surface area (TPSA) is 37.3 Å². The van der Waals surface area contributed by atoms with Crippen LogP contribution in [0.5, 0.6) is 0 Å². The molecule has 0 bridgehead atoms. The predicted octanol–water partition coefficient (Wildman–Crippen LogP) is 2.30. The van der Waals surface area contributed by atoms with E-state index < -0.39 is 5.97 Å². The van der Waals surface area contributed by atoms with Crippen LogP contribution in [-0.4, -0.2) is 22.6 Å². The summed E-state index contributed by atoms with van der Waals surface area (Å²) in [6, 6.07) is 10.2. The normalized spacial score (nSPS) is 14.5. The second kappa shape index (κ2) is 5.81. The Morgan fingerprint density at radius 3 is 2.53 bits per heavy atom. The summed E-state index contributed by atoms with van der Waals surface area (Å²) in [4.78, 5) is 10.6. The lowest BCUT2D eigenvalue weighted by Gasteiger charge is -2.09. The van der Waals surface area contributed by atoms with E-state index in [0.29, 0.717) is 0 Å². The maximum Gasteiger partial charge on any atom is 0.308 e. The Hall–Kier alpha value is -0.960. The van der Waals surface area contributed by atoms with Gasteiger partial charge >= 0.3 is 5.97 Å². The van der Waals surface area contributed by atoms with Crippen molar-refractivity contribution < 1.29 is 9.90 Å². The Morgan fingerprint density at radius 2 is 2.00 bits per heavy atom. The van der Waals surface area contributed by atoms with Crippen LogP contribution < -0.4 is 0 Å². The average molecular weight is 225 g/mol. The van der Waals surface area contributed by atoms with E-state index in [1.54, 1.807) is 0 Å². The highest BCUT2D eigenvalue weighted by Crippen LogP contribution is 2.13. The number of hydrogen-bond donors (Lipinski definition) is 1. The van der Waals surface area contributed by atoms with Crippen molar-refractivity contribution in [2.75, 3.05) is 6.26 Å². The summed E-state index contributed by atoms with van der Waals surface area (Å²) in [5.41, 5.74) is 1.29. The van der Waals surface area contributed by atoms with Gasteiger partial charge in [-0.05, 0) is 17.8 Å². The molecule has 1 rings (SSSR count). The average Bonchev–Trinajstić information content (AvgIpc) is 2.18. The van der Waals surface area contributed by atoms with Crippen molar-refractivity contribution in [2.24, 2.45) is 0 Å². The molecule has 0 fully saturated rings. The first-order valence-electron chi connectivity index (χ1n) is 4.96. The Bertz CT molecular complexity index is 311. The minimum atomic E-state index is -0.699. The van der Waals surface area contributed by atoms with Gasteiger partial charge in [0.2, 0.25) is 0 Å². The van der Waals surface area contributed by atoms with Crippen LogP contribution in [0.25, 0.3) is 0 Å². The molecular formula is C12H17O2S+. The van der Waals surface area contributed by atoms with Crippen molar-refractivity contribution in [3.63, 3.8) is 0 Å². The van der Waals surface area contributed by atoms with Crippen LogP contribution in [0.4, 0.5) is 0 Å². The largest absolute Gasteiger partial charge is 0.481 e. The van der Waals surface area contributed by atoms with Gasteiger partial charge in [-0.15, -0.1) is 0 Å². The molecule has 0 saturated carbocycles. The van der Waals surface area contributed by atoms with Crippen LogP contribution >= 0.6 is 0 Å². The zero-order valence-corrected chi connectivity index (χ0v) is 9.96. The molecule has 0 aliphatic carbocycles. The molecule has 0 aromatic heterocycles. The van der Waals surface area contributed by atoms with E-state index in [1.165, 1.54) is 5.56 Å². The Balaban J connectivity index is 2.48. The molecule has 0 spiro atoms. The maximum atomic E-state index is 10.6. The van der Waals surface area contributed by atoms with Crippen LogP contribution in [0.3, 0.4) is 0 Å². The zero-order valence-electron chi connectivity index (χ0n) is 9.14. The molecule has 0 radical (unpaired) electrons. The number of benzene rings is 1. The first-order valence-corrected chi connectivity index (χ1v) is 6.83. The van der Waals surface area contributed by atoms with Crippen molar-refractivity contribution in [2.45, 2.75) is 24.3 Å². The van der Waals surface area contributed by atoms with Gasteiger partial charge in [0, 0.05) is 5.56 Å². The van der Waals surface area contributed by atoms with Gasteiger partial charge in [0.1, 0.15) is 11.0 Å². The van der Waals surface area contributed by atoms with Gasteiger partial charge in [-0.1, -0.05) is 30.3 Å². The van der Waals surface area contributed by atoms with E-state index >= 15 is 0 Å². The molecule has 0 aliphatic heterocycles. The van der Waals surface area contributed by atoms with Gasteiger partial charge in [-0.3, -0.25) is 4.79 Å². The van der Waals surface area contributed by atoms with E-state index in [4.69, 9.17) is 5.11 Å². The fraction of sp³-hybridized carbons (Fsp3) is 0.417. The maximum absolute atomic E-state index is 10.6. The molecule has 0 saturated heterocycles. The van der Waals surface area contributed by atoms with E-state index in [1.807, 2.05) is 25.1 Å². The Morgan fingerprint density at radius 1 is 1.40 bits per heavy atom. The third kappa shape index (κ3) is 4.38. The van der Waals surface area contributed by atoms with Gasteiger partial charge in [-0.25, -0.2) is 0 Å². The zero-order chi connectivity index (χ0) is 11.3. The highest BCUT2D eigenvalue weighted by molar-refractivity contribution is 7.96. The summed E-state index contributed by atoms with van der Waals surface area (Å²) in [5, 5.41) is 8.96. The summed E-state index contributed by atoms with van der Waals surface area (Å²) in [6.07, 6.45) is 2.41. The van der Waals surface area contributed by atoms with Crippen LogP contribution in [-0.2, 0) is 21.4 Å². The summed E-state index contributed by atoms with van der Waals surface area (Å²) >= 11 is 0. The minimum Gasteiger partial charge on any atom is -0.481 e. The van der Waals surface area contributed by atoms with Crippen molar-refractivity contribution >= 4 is 16.9 Å². The van der Waals surface area contributed by atoms with E-state index in [0.717, 1.165) is 5.75 Å². The summed E-state index contributed by atoms with van der Waals surface area (Å²) in [5.74, 6) is 0.282. The standard InChI is InChI=1S/C12H16O2S/c1-10(8-12(13)14)15(2)9-11-6-4-3-5-7-11/h3-7,10H,8-9H2,1-2H3/p+1. The lowest BCUT2D eigenvalue weighted by atomic mass is 10.2. The Kier molecular flexibility index (Phi) is 4.69. The van der Waals surface area contributed by atoms with Crippen LogP contribution in [0.2, 0.25) is 0 Å². The number of carboxylic acids is 1. The van der Waals surface area contributed by atoms with Crippen molar-refractivity contribution in [1.82, 2.24) is 0 Å². The van der Waals surface area contributed by atoms with Crippen molar-refractivity contribution in [1.29, 1.82) is 0 Å². The molecular weight excluding hydrogens is 208 g/mol. The molecule has 0 amide bonds. The number of hydrogen-bond acceptors (Lipinski definition) is 1. The molecule has 82 valence electrons. The summed E-state index contributed by atoms with van der Waals surface area (Å²) in [7, 11) is 0.133. The van der Waals surface area contributed by atoms with Gasteiger partial charge in [0.25, 0.3) is 0 Å². The lowest BCUT2D eigenvalue weighted by Crippen LogP contribution is -2.21. The van der Waals surface area contributed by atoms with E-state index in [-0.39, 0.29) is 22.6 Å². The fourth-order valence-electron chi connectivity index (χ4n) is 1.37. The molecule has 15 heavy (non-hydrogen) atoms. The van der Waals surface area contributed by atoms with Crippen LogP contribution in [0, 0.1) is 0 Å². The van der Waals surface area contributed by atoms with Crippen LogP contribution in [0.15, 0.2) is 30.3 Å². The molecule has 3 heteroatoms. The van der Waals surface area contributed by atoms with Gasteiger partial charge in [0.15, 0.2) is 0 Å². The molecule has 1 N–H and O–H groups in total. The van der Waals surface area contributed by atoms with Gasteiger partial charge in [0.05, 0.1) is 12.7 Å². The fourth-order valence-corrected chi connectivity index (χ4v) is 2.80. The summed E-state index contributed by atoms with van der Waals surface area (Å²) < 4.78 is 0. The Labute approximate surface area is 93.7 Å². The first kappa shape index (κ1) is 12.1. The quantitative estimate of drug-likeness (QED) is 0.781. The van der Waals surface area contributed by atoms with Gasteiger partial charge < -0.3 is 5.11 Å². The lowest BCUT2D eigenvalue weighted by molar-refractivity contribution is -0.136. The number of carboxylic acid groups (broad SMARTS) is 1. The SMILES string of the molecule is CC(CC(=O)O)[S+](C)Cc1ccccc1. The van der Waals surface area contributed by atoms with E-state index in [9.17, 15) is 4.79 Å². The molecule has 2 atom stereocenters. The molecule has 0 heterocycles. The second-order valence-corrected chi connectivity index (χ2v) is 6.20. The van der Waals surface area contributed by atoms with Crippen molar-refractivity contribution in [3.8, 4) is 0 Å². The molecule has 0 aliphatic rings. The molecule has 1 aromatic rings. The smallest absolute Gasteiger partial charge is 0.308 e. The third-order valence-electron chi connectivity index (χ3n) is 2.39. The predicted molar refractivity (Wildman–Crippen MR) is 65.1 cm³/mol. The first-order chi connectivity index (χ1) is 7.09. The van der Waals surface area contributed by atoms with E-state index in [2.05, 4.69) is 18.4 Å². The summed E-state index contributed by atoms with van der Waals surface area (Å²) in [6.45, 7) is 2.01. The van der Waals surface area contributed by atoms with Crippen molar-refractivity contribution in [3.05, 3.63) is 35.9 Å². The number of carbonyl (C=O) groups is 1. The number of rotatable bonds is 5. The molecule has 1 aromatic carbocycles. The van der Waals surface area contributed by atoms with Crippen LogP contribution in [0.1, 0.15) is 18.9 Å². The number of aliphatic carboxylic acids is 1. The highest BCUT2D eigenvalue weighted by Gasteiger charge is 2.23. The monoisotopic (exact) mass is 225 g/mol. The second-order valence-electron chi connectivity index (χ2n) is 3.73. The highest BCUT2D eigenvalue weighted by atomic mass is 32.2. The molecule has 2 unspecified atom stereocenters. The minimum absolute atomic E-state index is 0.133. The van der Waals surface area contributed by atoms with Gasteiger partial charge in [-0.2, -0.15) is 0 Å².